The van der Waals surface area contributed by atoms with Crippen molar-refractivity contribution in [3.63, 3.8) is 0 Å². The summed E-state index contributed by atoms with van der Waals surface area (Å²) in [6.07, 6.45) is 0. The maximum atomic E-state index is 13.9. The molecule has 0 atom stereocenters. The Labute approximate surface area is 111 Å². The van der Waals surface area contributed by atoms with E-state index in [1.54, 1.807) is 12.1 Å². The maximum absolute atomic E-state index is 13.9. The molecule has 1 heterocycles. The Morgan fingerprint density at radius 1 is 1.47 bits per heavy atom. The van der Waals surface area contributed by atoms with Crippen LogP contribution in [-0.4, -0.2) is 37.0 Å². The Balaban J connectivity index is 2.06. The molecule has 0 aromatic heterocycles. The lowest BCUT2D eigenvalue weighted by Gasteiger charge is -2.26. The Morgan fingerprint density at radius 2 is 2.32 bits per heavy atom. The molecule has 0 saturated carbocycles. The van der Waals surface area contributed by atoms with Crippen LogP contribution in [0, 0.1) is 17.7 Å². The van der Waals surface area contributed by atoms with Gasteiger partial charge in [-0.3, -0.25) is 9.69 Å². The smallest absolute Gasteiger partial charge is 0.234 e. The summed E-state index contributed by atoms with van der Waals surface area (Å²) in [5, 5.41) is 2.74. The standard InChI is InChI=1S/C14H16FN3O/c15-13-8-11(2-1-5-16)3-4-12(13)9-18-7-6-17-14(19)10-18/h3-4,8H,5-7,9-10,16H2,(H,17,19). The Kier molecular flexibility index (Phi) is 4.50. The highest BCUT2D eigenvalue weighted by Gasteiger charge is 2.17. The van der Waals surface area contributed by atoms with Crippen LogP contribution in [-0.2, 0) is 11.3 Å². The predicted octanol–water partition coefficient (Wildman–Crippen LogP) is 0.0677. The van der Waals surface area contributed by atoms with Crippen LogP contribution in [0.4, 0.5) is 4.39 Å². The number of halogens is 1. The predicted molar refractivity (Wildman–Crippen MR) is 70.6 cm³/mol. The normalized spacial score (nSPS) is 15.6. The first kappa shape index (κ1) is 13.5. The van der Waals surface area contributed by atoms with Gasteiger partial charge in [0.15, 0.2) is 0 Å². The zero-order valence-corrected chi connectivity index (χ0v) is 10.6. The summed E-state index contributed by atoms with van der Waals surface area (Å²) in [7, 11) is 0. The zero-order valence-electron chi connectivity index (χ0n) is 10.6. The third kappa shape index (κ3) is 3.78. The summed E-state index contributed by atoms with van der Waals surface area (Å²) in [6, 6.07) is 4.88. The molecule has 100 valence electrons. The van der Waals surface area contributed by atoms with E-state index < -0.39 is 0 Å². The van der Waals surface area contributed by atoms with Gasteiger partial charge in [0.25, 0.3) is 0 Å². The van der Waals surface area contributed by atoms with E-state index >= 15 is 0 Å². The highest BCUT2D eigenvalue weighted by Crippen LogP contribution is 2.13. The van der Waals surface area contributed by atoms with Gasteiger partial charge in [0.1, 0.15) is 5.82 Å². The molecule has 1 saturated heterocycles. The number of rotatable bonds is 2. The van der Waals surface area contributed by atoms with Crippen LogP contribution in [0.1, 0.15) is 11.1 Å². The van der Waals surface area contributed by atoms with E-state index in [1.165, 1.54) is 6.07 Å². The molecule has 2 rings (SSSR count). The summed E-state index contributed by atoms with van der Waals surface area (Å²) in [6.45, 7) is 2.35. The lowest BCUT2D eigenvalue weighted by atomic mass is 10.1. The lowest BCUT2D eigenvalue weighted by Crippen LogP contribution is -2.47. The van der Waals surface area contributed by atoms with Gasteiger partial charge >= 0.3 is 0 Å². The number of carbonyl (C=O) groups excluding carboxylic acids is 1. The van der Waals surface area contributed by atoms with Crippen molar-refractivity contribution in [2.75, 3.05) is 26.2 Å². The second-order valence-electron chi connectivity index (χ2n) is 4.37. The largest absolute Gasteiger partial charge is 0.354 e. The molecule has 19 heavy (non-hydrogen) atoms. The van der Waals surface area contributed by atoms with E-state index in [1.807, 2.05) is 4.90 Å². The molecule has 1 aliphatic heterocycles. The number of hydrogen-bond donors (Lipinski definition) is 2. The minimum absolute atomic E-state index is 0.0166. The molecule has 4 nitrogen and oxygen atoms in total. The Bertz CT molecular complexity index is 533. The first-order valence-electron chi connectivity index (χ1n) is 6.15. The molecule has 5 heteroatoms. The molecular formula is C14H16FN3O. The molecule has 0 aliphatic carbocycles. The molecule has 1 aliphatic rings. The molecule has 1 aromatic rings. The van der Waals surface area contributed by atoms with E-state index in [0.717, 1.165) is 6.54 Å². The van der Waals surface area contributed by atoms with Crippen molar-refractivity contribution >= 4 is 5.91 Å². The molecule has 0 unspecified atom stereocenters. The Hall–Kier alpha value is -1.90. The van der Waals surface area contributed by atoms with Crippen LogP contribution >= 0.6 is 0 Å². The molecule has 3 N–H and O–H groups in total. The number of amides is 1. The van der Waals surface area contributed by atoms with E-state index in [-0.39, 0.29) is 18.3 Å². The SMILES string of the molecule is NCC#Cc1ccc(CN2CCNC(=O)C2)c(F)c1. The molecular weight excluding hydrogens is 245 g/mol. The molecule has 0 bridgehead atoms. The first-order valence-corrected chi connectivity index (χ1v) is 6.15. The topological polar surface area (TPSA) is 58.4 Å². The van der Waals surface area contributed by atoms with E-state index in [4.69, 9.17) is 5.73 Å². The van der Waals surface area contributed by atoms with Crippen molar-refractivity contribution in [1.29, 1.82) is 0 Å². The third-order valence-corrected chi connectivity index (χ3v) is 2.90. The van der Waals surface area contributed by atoms with Crippen molar-refractivity contribution < 1.29 is 9.18 Å². The fraction of sp³-hybridized carbons (Fsp3) is 0.357. The number of hydrogen-bond acceptors (Lipinski definition) is 3. The number of nitrogens with one attached hydrogen (secondary N) is 1. The van der Waals surface area contributed by atoms with Crippen molar-refractivity contribution in [2.45, 2.75) is 6.54 Å². The molecule has 0 radical (unpaired) electrons. The van der Waals surface area contributed by atoms with Crippen molar-refractivity contribution in [3.05, 3.63) is 35.1 Å². The average Bonchev–Trinajstić information content (AvgIpc) is 2.39. The highest BCUT2D eigenvalue weighted by molar-refractivity contribution is 5.78. The number of benzene rings is 1. The zero-order chi connectivity index (χ0) is 13.7. The van der Waals surface area contributed by atoms with E-state index in [0.29, 0.717) is 30.8 Å². The third-order valence-electron chi connectivity index (χ3n) is 2.90. The molecule has 1 fully saturated rings. The summed E-state index contributed by atoms with van der Waals surface area (Å²) in [4.78, 5) is 13.2. The second-order valence-corrected chi connectivity index (χ2v) is 4.37. The van der Waals surface area contributed by atoms with Gasteiger partial charge in [0.2, 0.25) is 5.91 Å². The first-order chi connectivity index (χ1) is 9.19. The number of nitrogens with two attached hydrogens (primary N) is 1. The Morgan fingerprint density at radius 3 is 3.00 bits per heavy atom. The molecule has 1 aromatic carbocycles. The van der Waals surface area contributed by atoms with Crippen LogP contribution in [0.5, 0.6) is 0 Å². The number of carbonyl (C=O) groups is 1. The van der Waals surface area contributed by atoms with Crippen molar-refractivity contribution in [1.82, 2.24) is 10.2 Å². The van der Waals surface area contributed by atoms with Crippen molar-refractivity contribution in [2.24, 2.45) is 5.73 Å². The molecule has 1 amide bonds. The van der Waals surface area contributed by atoms with Crippen molar-refractivity contribution in [3.8, 4) is 11.8 Å². The fourth-order valence-corrected chi connectivity index (χ4v) is 1.97. The summed E-state index contributed by atoms with van der Waals surface area (Å²) < 4.78 is 13.9. The second kappa shape index (κ2) is 6.32. The van der Waals surface area contributed by atoms with Crippen LogP contribution < -0.4 is 11.1 Å². The van der Waals surface area contributed by atoms with Gasteiger partial charge in [0.05, 0.1) is 13.1 Å². The fourth-order valence-electron chi connectivity index (χ4n) is 1.97. The van der Waals surface area contributed by atoms with Gasteiger partial charge in [-0.05, 0) is 12.1 Å². The summed E-state index contributed by atoms with van der Waals surface area (Å²) >= 11 is 0. The number of piperazine rings is 1. The number of nitrogens with zero attached hydrogens (tertiary/aromatic N) is 1. The summed E-state index contributed by atoms with van der Waals surface area (Å²) in [5.41, 5.74) is 6.46. The van der Waals surface area contributed by atoms with Gasteiger partial charge < -0.3 is 11.1 Å². The van der Waals surface area contributed by atoms with Gasteiger partial charge in [-0.1, -0.05) is 17.9 Å². The van der Waals surface area contributed by atoms with Gasteiger partial charge in [-0.25, -0.2) is 4.39 Å². The quantitative estimate of drug-likeness (QED) is 0.741. The van der Waals surface area contributed by atoms with E-state index in [2.05, 4.69) is 17.2 Å². The van der Waals surface area contributed by atoms with E-state index in [9.17, 15) is 9.18 Å². The summed E-state index contributed by atoms with van der Waals surface area (Å²) in [5.74, 6) is 5.16. The highest BCUT2D eigenvalue weighted by atomic mass is 19.1. The maximum Gasteiger partial charge on any atom is 0.234 e. The average molecular weight is 261 g/mol. The monoisotopic (exact) mass is 261 g/mol. The van der Waals surface area contributed by atoms with Gasteiger partial charge in [0, 0.05) is 30.8 Å². The minimum atomic E-state index is -0.296. The minimum Gasteiger partial charge on any atom is -0.354 e. The van der Waals surface area contributed by atoms with Crippen LogP contribution in [0.15, 0.2) is 18.2 Å². The lowest BCUT2D eigenvalue weighted by molar-refractivity contribution is -0.124. The van der Waals surface area contributed by atoms with Crippen LogP contribution in [0.25, 0.3) is 0 Å². The van der Waals surface area contributed by atoms with Crippen LogP contribution in [0.3, 0.4) is 0 Å². The van der Waals surface area contributed by atoms with Gasteiger partial charge in [-0.2, -0.15) is 0 Å². The molecule has 0 spiro atoms. The van der Waals surface area contributed by atoms with Crippen LogP contribution in [0.2, 0.25) is 0 Å². The van der Waals surface area contributed by atoms with Gasteiger partial charge in [-0.15, -0.1) is 0 Å².